The lowest BCUT2D eigenvalue weighted by molar-refractivity contribution is -0.138. The Morgan fingerprint density at radius 3 is 2.65 bits per heavy atom. The van der Waals surface area contributed by atoms with Crippen molar-refractivity contribution in [2.75, 3.05) is 26.7 Å². The molecule has 0 spiro atoms. The Bertz CT molecular complexity index is 435. The third-order valence-electron chi connectivity index (χ3n) is 4.27. The van der Waals surface area contributed by atoms with Crippen LogP contribution in [0.3, 0.4) is 0 Å². The van der Waals surface area contributed by atoms with E-state index in [9.17, 15) is 9.90 Å². The number of likely N-dealkylation sites (N-methyl/N-ethyl adjacent to an activating group) is 1. The van der Waals surface area contributed by atoms with Crippen LogP contribution in [0.1, 0.15) is 31.4 Å². The highest BCUT2D eigenvalue weighted by atomic mass is 16.4. The van der Waals surface area contributed by atoms with E-state index in [1.807, 2.05) is 30.3 Å². The maximum atomic E-state index is 11.2. The maximum absolute atomic E-state index is 11.2. The molecule has 0 amide bonds. The van der Waals surface area contributed by atoms with Gasteiger partial charge in [-0.1, -0.05) is 37.3 Å². The zero-order valence-electron chi connectivity index (χ0n) is 12.3. The first kappa shape index (κ1) is 15.0. The van der Waals surface area contributed by atoms with Gasteiger partial charge < -0.3 is 10.0 Å². The Morgan fingerprint density at radius 2 is 2.05 bits per heavy atom. The van der Waals surface area contributed by atoms with E-state index in [-0.39, 0.29) is 12.5 Å². The summed E-state index contributed by atoms with van der Waals surface area (Å²) in [5.74, 6) is -0.731. The molecule has 1 heterocycles. The van der Waals surface area contributed by atoms with E-state index in [0.717, 1.165) is 31.6 Å². The molecule has 2 atom stereocenters. The molecule has 0 aliphatic carbocycles. The number of rotatable bonds is 5. The molecular formula is C16H24N2O2. The van der Waals surface area contributed by atoms with E-state index >= 15 is 0 Å². The summed E-state index contributed by atoms with van der Waals surface area (Å²) in [5, 5.41) is 9.21. The molecule has 4 nitrogen and oxygen atoms in total. The number of hydrogen-bond acceptors (Lipinski definition) is 3. The minimum Gasteiger partial charge on any atom is -0.481 e. The molecule has 1 N–H and O–H groups in total. The van der Waals surface area contributed by atoms with Gasteiger partial charge in [0.05, 0.1) is 6.42 Å². The van der Waals surface area contributed by atoms with Crippen molar-refractivity contribution in [2.24, 2.45) is 0 Å². The van der Waals surface area contributed by atoms with Gasteiger partial charge in [-0.2, -0.15) is 0 Å². The van der Waals surface area contributed by atoms with Crippen molar-refractivity contribution in [3.05, 3.63) is 35.9 Å². The topological polar surface area (TPSA) is 43.8 Å². The van der Waals surface area contributed by atoms with Crippen LogP contribution in [0, 0.1) is 0 Å². The van der Waals surface area contributed by atoms with Gasteiger partial charge in [-0.05, 0) is 19.0 Å². The lowest BCUT2D eigenvalue weighted by Crippen LogP contribution is -2.52. The molecule has 20 heavy (non-hydrogen) atoms. The van der Waals surface area contributed by atoms with Crippen LogP contribution in [0.2, 0.25) is 0 Å². The van der Waals surface area contributed by atoms with Crippen LogP contribution in [0.5, 0.6) is 0 Å². The molecule has 0 saturated carbocycles. The quantitative estimate of drug-likeness (QED) is 0.895. The summed E-state index contributed by atoms with van der Waals surface area (Å²) in [7, 11) is 2.15. The first-order valence-corrected chi connectivity index (χ1v) is 7.32. The van der Waals surface area contributed by atoms with Gasteiger partial charge in [-0.25, -0.2) is 0 Å². The van der Waals surface area contributed by atoms with Crippen LogP contribution in [-0.4, -0.2) is 53.6 Å². The summed E-state index contributed by atoms with van der Waals surface area (Å²) in [6, 6.07) is 10.5. The third kappa shape index (κ3) is 3.58. The molecule has 1 aromatic carbocycles. The monoisotopic (exact) mass is 276 g/mol. The number of benzene rings is 1. The van der Waals surface area contributed by atoms with Crippen molar-refractivity contribution >= 4 is 5.97 Å². The molecule has 0 aromatic heterocycles. The van der Waals surface area contributed by atoms with Crippen LogP contribution in [0.15, 0.2) is 30.3 Å². The molecule has 0 radical (unpaired) electrons. The minimum atomic E-state index is -0.731. The first-order chi connectivity index (χ1) is 9.61. The fourth-order valence-electron chi connectivity index (χ4n) is 2.99. The highest BCUT2D eigenvalue weighted by Crippen LogP contribution is 2.27. The van der Waals surface area contributed by atoms with E-state index in [1.165, 1.54) is 0 Å². The molecule has 1 fully saturated rings. The second-order valence-electron chi connectivity index (χ2n) is 5.56. The predicted octanol–water partition coefficient (Wildman–Crippen LogP) is 2.23. The van der Waals surface area contributed by atoms with E-state index in [0.29, 0.717) is 6.04 Å². The Kier molecular flexibility index (Phi) is 5.15. The predicted molar refractivity (Wildman–Crippen MR) is 79.7 cm³/mol. The molecule has 2 rings (SSSR count). The fourth-order valence-corrected chi connectivity index (χ4v) is 2.99. The highest BCUT2D eigenvalue weighted by molar-refractivity contribution is 5.68. The number of carboxylic acids is 1. The lowest BCUT2D eigenvalue weighted by Gasteiger charge is -2.42. The van der Waals surface area contributed by atoms with E-state index in [2.05, 4.69) is 23.8 Å². The third-order valence-corrected chi connectivity index (χ3v) is 4.27. The number of carbonyl (C=O) groups is 1. The number of aliphatic carboxylic acids is 1. The Labute approximate surface area is 121 Å². The number of carboxylic acid groups (broad SMARTS) is 1. The Morgan fingerprint density at radius 1 is 1.35 bits per heavy atom. The summed E-state index contributed by atoms with van der Waals surface area (Å²) < 4.78 is 0. The van der Waals surface area contributed by atoms with Gasteiger partial charge in [0, 0.05) is 31.7 Å². The van der Waals surface area contributed by atoms with Crippen LogP contribution in [0.4, 0.5) is 0 Å². The zero-order chi connectivity index (χ0) is 14.5. The second-order valence-corrected chi connectivity index (χ2v) is 5.56. The summed E-state index contributed by atoms with van der Waals surface area (Å²) in [6.45, 7) is 5.07. The first-order valence-electron chi connectivity index (χ1n) is 7.32. The zero-order valence-corrected chi connectivity index (χ0v) is 12.3. The molecule has 110 valence electrons. The van der Waals surface area contributed by atoms with Crippen molar-refractivity contribution < 1.29 is 9.90 Å². The Balaban J connectivity index is 2.17. The molecule has 1 aromatic rings. The van der Waals surface area contributed by atoms with Crippen molar-refractivity contribution in [3.63, 3.8) is 0 Å². The molecule has 1 saturated heterocycles. The smallest absolute Gasteiger partial charge is 0.305 e. The maximum Gasteiger partial charge on any atom is 0.305 e. The van der Waals surface area contributed by atoms with E-state index in [4.69, 9.17) is 0 Å². The molecule has 0 bridgehead atoms. The molecule has 1 aliphatic heterocycles. The van der Waals surface area contributed by atoms with E-state index in [1.54, 1.807) is 0 Å². The van der Waals surface area contributed by atoms with E-state index < -0.39 is 5.97 Å². The van der Waals surface area contributed by atoms with Crippen molar-refractivity contribution in [1.82, 2.24) is 9.80 Å². The van der Waals surface area contributed by atoms with Crippen LogP contribution in [-0.2, 0) is 4.79 Å². The minimum absolute atomic E-state index is 0.0172. The summed E-state index contributed by atoms with van der Waals surface area (Å²) in [4.78, 5) is 15.9. The Hall–Kier alpha value is -1.39. The molecule has 2 unspecified atom stereocenters. The summed E-state index contributed by atoms with van der Waals surface area (Å²) >= 11 is 0. The van der Waals surface area contributed by atoms with Gasteiger partial charge in [0.15, 0.2) is 0 Å². The standard InChI is InChI=1S/C16H24N2O2/c1-3-14-12-18(10-9-17(14)2)15(11-16(19)20)13-7-5-4-6-8-13/h4-8,14-15H,3,9-12H2,1-2H3,(H,19,20). The van der Waals surface area contributed by atoms with Crippen molar-refractivity contribution in [2.45, 2.75) is 31.8 Å². The summed E-state index contributed by atoms with van der Waals surface area (Å²) in [5.41, 5.74) is 1.11. The normalized spacial score (nSPS) is 22.6. The van der Waals surface area contributed by atoms with Gasteiger partial charge in [-0.3, -0.25) is 9.69 Å². The van der Waals surface area contributed by atoms with Crippen LogP contribution < -0.4 is 0 Å². The SMILES string of the molecule is CCC1CN(C(CC(=O)O)c2ccccc2)CCN1C. The average Bonchev–Trinajstić information content (AvgIpc) is 2.46. The number of nitrogens with zero attached hydrogens (tertiary/aromatic N) is 2. The van der Waals surface area contributed by atoms with Gasteiger partial charge >= 0.3 is 5.97 Å². The van der Waals surface area contributed by atoms with Gasteiger partial charge in [0.1, 0.15) is 0 Å². The van der Waals surface area contributed by atoms with Gasteiger partial charge in [0.2, 0.25) is 0 Å². The van der Waals surface area contributed by atoms with Crippen molar-refractivity contribution in [1.29, 1.82) is 0 Å². The van der Waals surface area contributed by atoms with Crippen molar-refractivity contribution in [3.8, 4) is 0 Å². The second kappa shape index (κ2) is 6.86. The molecule has 4 heteroatoms. The largest absolute Gasteiger partial charge is 0.481 e. The highest BCUT2D eigenvalue weighted by Gasteiger charge is 2.29. The fraction of sp³-hybridized carbons (Fsp3) is 0.562. The van der Waals surface area contributed by atoms with Gasteiger partial charge in [-0.15, -0.1) is 0 Å². The van der Waals surface area contributed by atoms with Gasteiger partial charge in [0.25, 0.3) is 0 Å². The molecule has 1 aliphatic rings. The number of hydrogen-bond donors (Lipinski definition) is 1. The average molecular weight is 276 g/mol. The van der Waals surface area contributed by atoms with Crippen LogP contribution in [0.25, 0.3) is 0 Å². The van der Waals surface area contributed by atoms with Crippen LogP contribution >= 0.6 is 0 Å². The lowest BCUT2D eigenvalue weighted by atomic mass is 9.99. The molecular weight excluding hydrogens is 252 g/mol. The number of piperazine rings is 1. The summed E-state index contributed by atoms with van der Waals surface area (Å²) in [6.07, 6.45) is 1.27.